The minimum Gasteiger partial charge on any atom is -0.490 e. The number of hydrogen-bond donors (Lipinski definition) is 6. The lowest BCUT2D eigenvalue weighted by molar-refractivity contribution is 0.111. The number of pyridine rings is 7. The summed E-state index contributed by atoms with van der Waals surface area (Å²) in [5.74, 6) is 2.63. The van der Waals surface area contributed by atoms with Crippen LogP contribution in [0.15, 0.2) is 116 Å². The van der Waals surface area contributed by atoms with Gasteiger partial charge in [-0.15, -0.1) is 0 Å². The van der Waals surface area contributed by atoms with Crippen LogP contribution >= 0.6 is 0 Å². The Morgan fingerprint density at radius 3 is 1.26 bits per heavy atom. The third kappa shape index (κ3) is 24.3. The minimum atomic E-state index is -0.548. The summed E-state index contributed by atoms with van der Waals surface area (Å²) in [5.41, 5.74) is 3.20. The lowest BCUT2D eigenvalue weighted by Crippen LogP contribution is -2.33. The number of hydrogen-bond acceptors (Lipinski definition) is 27. The van der Waals surface area contributed by atoms with Crippen LogP contribution in [0, 0.1) is 45.3 Å². The van der Waals surface area contributed by atoms with E-state index in [9.17, 15) is 38.4 Å². The SMILES string of the molecule is CC(C)Nc1cc(NC(=O)N(C)c2cccc(C=O)n2)ncc1C#N.CC(C)Oc1cc(NC(=O)N(C)c2cccc(C=O)n2)ncc1C#N.COCCNc1cc(NC(=O)N(C)c2nccc(C=O)n2)ncc1C#N.COCCOc1cc(NC(=O)N(C)c2cccc(C=O)n2)ncc1C#N. The van der Waals surface area contributed by atoms with Crippen LogP contribution in [-0.4, -0.2) is 175 Å². The van der Waals surface area contributed by atoms with Gasteiger partial charge in [0.1, 0.15) is 117 Å². The molecule has 0 atom stereocenters. The molecule has 0 spiro atoms. The molecule has 8 amide bonds. The molecule has 8 heterocycles. The number of methoxy groups -OCH3 is 2. The molecule has 0 aromatic carbocycles. The zero-order valence-corrected chi connectivity index (χ0v) is 56.8. The topological polar surface area (TPSA) is 470 Å². The molecule has 0 aliphatic heterocycles. The Labute approximate surface area is 585 Å². The highest BCUT2D eigenvalue weighted by atomic mass is 16.5. The van der Waals surface area contributed by atoms with Crippen LogP contribution in [0.3, 0.4) is 0 Å². The summed E-state index contributed by atoms with van der Waals surface area (Å²) in [5, 5.41) is 53.0. The number of aromatic nitrogens is 9. The maximum absolute atomic E-state index is 12.4. The van der Waals surface area contributed by atoms with Crippen molar-refractivity contribution >= 4 is 107 Å². The van der Waals surface area contributed by atoms with Gasteiger partial charge in [0.05, 0.1) is 54.2 Å². The molecule has 8 rings (SSSR count). The van der Waals surface area contributed by atoms with Crippen LogP contribution in [-0.2, 0) is 9.47 Å². The smallest absolute Gasteiger partial charge is 0.329 e. The molecule has 35 nitrogen and oxygen atoms in total. The zero-order valence-electron chi connectivity index (χ0n) is 56.8. The molecule has 8 aromatic heterocycles. The van der Waals surface area contributed by atoms with Gasteiger partial charge in [-0.1, -0.05) is 18.2 Å². The minimum absolute atomic E-state index is 0.0687. The van der Waals surface area contributed by atoms with Crippen molar-refractivity contribution in [1.82, 2.24) is 44.9 Å². The predicted molar refractivity (Wildman–Crippen MR) is 374 cm³/mol. The molecule has 524 valence electrons. The summed E-state index contributed by atoms with van der Waals surface area (Å²) in [7, 11) is 9.12. The number of anilines is 10. The largest absolute Gasteiger partial charge is 0.490 e. The number of rotatable bonds is 24. The van der Waals surface area contributed by atoms with Gasteiger partial charge in [-0.05, 0) is 70.2 Å². The van der Waals surface area contributed by atoms with Gasteiger partial charge in [0.2, 0.25) is 5.95 Å². The Bertz CT molecular complexity index is 4160. The lowest BCUT2D eigenvalue weighted by Gasteiger charge is -2.18. The Kier molecular flexibility index (Phi) is 31.2. The van der Waals surface area contributed by atoms with Crippen LogP contribution in [0.25, 0.3) is 0 Å². The highest BCUT2D eigenvalue weighted by molar-refractivity contribution is 6.03. The fourth-order valence-electron chi connectivity index (χ4n) is 7.82. The van der Waals surface area contributed by atoms with E-state index in [0.29, 0.717) is 102 Å². The van der Waals surface area contributed by atoms with Gasteiger partial charge in [0.15, 0.2) is 25.1 Å². The van der Waals surface area contributed by atoms with Crippen molar-refractivity contribution in [3.05, 3.63) is 161 Å². The quantitative estimate of drug-likeness (QED) is 0.0244. The third-order valence-electron chi connectivity index (χ3n) is 12.9. The second-order valence-electron chi connectivity index (χ2n) is 21.0. The summed E-state index contributed by atoms with van der Waals surface area (Å²) in [6, 6.07) is 28.0. The van der Waals surface area contributed by atoms with E-state index in [1.165, 1.54) is 105 Å². The molecule has 0 saturated heterocycles. The van der Waals surface area contributed by atoms with Gasteiger partial charge < -0.3 is 29.6 Å². The number of carbonyl (C=O) groups excluding carboxylic acids is 8. The van der Waals surface area contributed by atoms with Crippen LogP contribution in [0.5, 0.6) is 11.5 Å². The van der Waals surface area contributed by atoms with Crippen molar-refractivity contribution in [3.8, 4) is 35.8 Å². The molecule has 8 aromatic rings. The van der Waals surface area contributed by atoms with Gasteiger partial charge in [0, 0.05) is 97.9 Å². The molecule has 102 heavy (non-hydrogen) atoms. The Morgan fingerprint density at radius 1 is 0.471 bits per heavy atom. The van der Waals surface area contributed by atoms with E-state index in [1.807, 2.05) is 45.9 Å². The van der Waals surface area contributed by atoms with Crippen LogP contribution in [0.2, 0.25) is 0 Å². The highest BCUT2D eigenvalue weighted by Gasteiger charge is 2.20. The number of nitrogens with one attached hydrogen (secondary N) is 6. The number of aldehydes is 4. The number of urea groups is 4. The van der Waals surface area contributed by atoms with Gasteiger partial charge in [-0.2, -0.15) is 21.0 Å². The standard InChI is InChI=1S/C17H18N6O2.C17H17N5O4.C17H17N5O3.C16H17N7O3/c1-11(2)20-14-7-15(19-9-12(14)8-18)22-17(25)23(3)16-6-4-5-13(10-24)21-16;1-22(16-5-3-4-13(11-23)20-16)17(24)21-15-8-14(26-7-6-25-2)12(9-18)10-19-15;1-11(2)25-14-7-15(19-9-12(14)8-18)21-17(24)22(3)16-6-4-5-13(10-23)20-16;1-23(15-19-4-3-12(10-24)21-15)16(25)22-14-7-13(18-5-6-26-2)11(8-17)9-20-14/h4-7,9-11H,1-3H3,(H2,19,20,22,25);3-5,8,10-11H,6-7H2,1-2H3,(H,19,21,24);4-7,9-11H,1-3H3,(H,19,21,24);3-4,7,9-10H,5-6H2,1-2H3,(H2,18,20,22,25). The molecule has 6 N–H and O–H groups in total. The molecule has 0 saturated carbocycles. The van der Waals surface area contributed by atoms with Crippen molar-refractivity contribution in [2.24, 2.45) is 0 Å². The fraction of sp³-hybridized carbons (Fsp3) is 0.239. The third-order valence-corrected chi connectivity index (χ3v) is 12.9. The Hall–Kier alpha value is -14.0. The molecular weight excluding hydrogens is 1320 g/mol. The molecule has 0 radical (unpaired) electrons. The van der Waals surface area contributed by atoms with Gasteiger partial charge in [0.25, 0.3) is 0 Å². The molecule has 0 fully saturated rings. The molecule has 0 aliphatic rings. The van der Waals surface area contributed by atoms with Crippen molar-refractivity contribution in [2.75, 3.05) is 120 Å². The van der Waals surface area contributed by atoms with E-state index in [-0.39, 0.29) is 76.1 Å². The van der Waals surface area contributed by atoms with Gasteiger partial charge >= 0.3 is 24.1 Å². The number of carbonyl (C=O) groups is 8. The van der Waals surface area contributed by atoms with Crippen molar-refractivity contribution in [3.63, 3.8) is 0 Å². The van der Waals surface area contributed by atoms with E-state index in [2.05, 4.69) is 82.8 Å². The van der Waals surface area contributed by atoms with Crippen LogP contribution in [0.4, 0.5) is 77.2 Å². The van der Waals surface area contributed by atoms with Gasteiger partial charge in [-0.3, -0.25) is 60.0 Å². The fourth-order valence-corrected chi connectivity index (χ4v) is 7.82. The molecular formula is C67H69N23O12. The Morgan fingerprint density at radius 2 is 0.853 bits per heavy atom. The average Bonchev–Trinajstić information content (AvgIpc) is 0.855. The number of nitrogens with zero attached hydrogens (tertiary/aromatic N) is 17. The molecule has 35 heteroatoms. The molecule has 0 bridgehead atoms. The van der Waals surface area contributed by atoms with Gasteiger partial charge in [-0.25, -0.2) is 64.0 Å². The zero-order chi connectivity index (χ0) is 74.7. The molecule has 0 aliphatic carbocycles. The maximum atomic E-state index is 12.4. The summed E-state index contributed by atoms with van der Waals surface area (Å²) in [6.45, 7) is 9.12. The monoisotopic (exact) mass is 1390 g/mol. The average molecular weight is 1390 g/mol. The van der Waals surface area contributed by atoms with E-state index in [4.69, 9.17) is 40.0 Å². The highest BCUT2D eigenvalue weighted by Crippen LogP contribution is 2.25. The first-order valence-corrected chi connectivity index (χ1v) is 30.2. The van der Waals surface area contributed by atoms with Crippen LogP contribution in [0.1, 0.15) is 91.9 Å². The maximum Gasteiger partial charge on any atom is 0.329 e. The first kappa shape index (κ1) is 78.7. The number of ether oxygens (including phenoxy) is 4. The second kappa shape index (κ2) is 40.5. The predicted octanol–water partition coefficient (Wildman–Crippen LogP) is 8.40. The number of amides is 8. The summed E-state index contributed by atoms with van der Waals surface area (Å²) in [4.78, 5) is 134. The lowest BCUT2D eigenvalue weighted by atomic mass is 10.2. The number of nitriles is 4. The molecule has 0 unspecified atom stereocenters. The van der Waals surface area contributed by atoms with E-state index in [0.717, 1.165) is 4.90 Å². The first-order valence-electron chi connectivity index (χ1n) is 30.2. The van der Waals surface area contributed by atoms with Crippen molar-refractivity contribution < 1.29 is 57.3 Å². The summed E-state index contributed by atoms with van der Waals surface area (Å²) in [6.07, 6.45) is 9.03. The van der Waals surface area contributed by atoms with E-state index >= 15 is 0 Å². The Balaban J connectivity index is 0.000000245. The first-order chi connectivity index (χ1) is 49.0. The van der Waals surface area contributed by atoms with E-state index < -0.39 is 24.1 Å². The van der Waals surface area contributed by atoms with E-state index in [1.54, 1.807) is 67.8 Å². The van der Waals surface area contributed by atoms with Crippen molar-refractivity contribution in [1.29, 1.82) is 21.0 Å². The second-order valence-corrected chi connectivity index (χ2v) is 21.0. The van der Waals surface area contributed by atoms with Crippen molar-refractivity contribution in [2.45, 2.75) is 39.8 Å². The summed E-state index contributed by atoms with van der Waals surface area (Å²) < 4.78 is 20.9. The normalized spacial score (nSPS) is 9.96. The summed E-state index contributed by atoms with van der Waals surface area (Å²) >= 11 is 0. The van der Waals surface area contributed by atoms with Crippen LogP contribution < -0.4 is 61.0 Å².